The average Bonchev–Trinajstić information content (AvgIpc) is 2.66. The van der Waals surface area contributed by atoms with E-state index >= 15 is 0 Å². The molecule has 3 nitrogen and oxygen atoms in total. The van der Waals surface area contributed by atoms with Crippen LogP contribution in [0.5, 0.6) is 0 Å². The number of nitrogens with zero attached hydrogens (tertiary/aromatic N) is 2. The van der Waals surface area contributed by atoms with E-state index in [1.165, 1.54) is 25.9 Å². The molecular weight excluding hydrogens is 198 g/mol. The largest absolute Gasteiger partial charge is 0.314 e. The van der Waals surface area contributed by atoms with E-state index < -0.39 is 0 Å². The van der Waals surface area contributed by atoms with Crippen molar-refractivity contribution in [3.8, 4) is 0 Å². The Morgan fingerprint density at radius 1 is 1.38 bits per heavy atom. The number of hydrogen-bond acceptors (Lipinski definition) is 3. The van der Waals surface area contributed by atoms with E-state index in [1.54, 1.807) is 0 Å². The number of likely N-dealkylation sites (N-methyl/N-ethyl adjacent to an activating group) is 1. The van der Waals surface area contributed by atoms with Crippen LogP contribution in [0.25, 0.3) is 0 Å². The number of hydrogen-bond donors (Lipinski definition) is 1. The molecule has 1 aliphatic rings. The molecule has 0 aromatic heterocycles. The normalized spacial score (nSPS) is 26.2. The van der Waals surface area contributed by atoms with Gasteiger partial charge in [-0.3, -0.25) is 4.90 Å². The highest BCUT2D eigenvalue weighted by atomic mass is 15.2. The summed E-state index contributed by atoms with van der Waals surface area (Å²) >= 11 is 0. The molecule has 3 atom stereocenters. The van der Waals surface area contributed by atoms with Crippen LogP contribution in [0.15, 0.2) is 0 Å². The van der Waals surface area contributed by atoms with Crippen LogP contribution < -0.4 is 5.32 Å². The van der Waals surface area contributed by atoms with Crippen molar-refractivity contribution in [2.75, 3.05) is 33.7 Å². The third kappa shape index (κ3) is 4.04. The van der Waals surface area contributed by atoms with Crippen molar-refractivity contribution in [1.82, 2.24) is 15.1 Å². The van der Waals surface area contributed by atoms with Crippen LogP contribution in [-0.2, 0) is 0 Å². The molecule has 0 saturated carbocycles. The highest BCUT2D eigenvalue weighted by molar-refractivity contribution is 4.84. The average molecular weight is 227 g/mol. The van der Waals surface area contributed by atoms with E-state index in [1.807, 2.05) is 0 Å². The van der Waals surface area contributed by atoms with Gasteiger partial charge in [0, 0.05) is 31.2 Å². The van der Waals surface area contributed by atoms with Gasteiger partial charge in [0.1, 0.15) is 0 Å². The fourth-order valence-corrected chi connectivity index (χ4v) is 2.68. The van der Waals surface area contributed by atoms with Gasteiger partial charge in [0.25, 0.3) is 0 Å². The molecule has 1 heterocycles. The zero-order chi connectivity index (χ0) is 12.1. The lowest BCUT2D eigenvalue weighted by atomic mass is 10.1. The van der Waals surface area contributed by atoms with Gasteiger partial charge in [-0.15, -0.1) is 0 Å². The third-order valence-electron chi connectivity index (χ3n) is 3.80. The summed E-state index contributed by atoms with van der Waals surface area (Å²) in [5.41, 5.74) is 0. The van der Waals surface area contributed by atoms with E-state index in [-0.39, 0.29) is 0 Å². The summed E-state index contributed by atoms with van der Waals surface area (Å²) in [4.78, 5) is 5.00. The molecule has 0 radical (unpaired) electrons. The highest BCUT2D eigenvalue weighted by Crippen LogP contribution is 2.18. The summed E-state index contributed by atoms with van der Waals surface area (Å²) in [5.74, 6) is 0. The van der Waals surface area contributed by atoms with Crippen molar-refractivity contribution < 1.29 is 0 Å². The van der Waals surface area contributed by atoms with Crippen molar-refractivity contribution in [2.24, 2.45) is 0 Å². The SMILES string of the molecule is CCNC(C)CC(C)N1CCC(N(C)C)C1. The molecule has 0 bridgehead atoms. The minimum absolute atomic E-state index is 0.637. The predicted octanol–water partition coefficient (Wildman–Crippen LogP) is 1.40. The minimum atomic E-state index is 0.637. The molecule has 1 rings (SSSR count). The molecule has 0 aromatic rings. The number of likely N-dealkylation sites (tertiary alicyclic amines) is 1. The van der Waals surface area contributed by atoms with Gasteiger partial charge < -0.3 is 10.2 Å². The van der Waals surface area contributed by atoms with Crippen molar-refractivity contribution >= 4 is 0 Å². The first-order chi connectivity index (χ1) is 7.54. The first-order valence-electron chi connectivity index (χ1n) is 6.68. The van der Waals surface area contributed by atoms with Crippen molar-refractivity contribution in [3.63, 3.8) is 0 Å². The standard InChI is InChI=1S/C13H29N3/c1-6-14-11(2)9-12(3)16-8-7-13(10-16)15(4)5/h11-14H,6-10H2,1-5H3. The van der Waals surface area contributed by atoms with Gasteiger partial charge in [0.15, 0.2) is 0 Å². The van der Waals surface area contributed by atoms with E-state index in [9.17, 15) is 0 Å². The van der Waals surface area contributed by atoms with Crippen LogP contribution in [0.2, 0.25) is 0 Å². The fourth-order valence-electron chi connectivity index (χ4n) is 2.68. The van der Waals surface area contributed by atoms with Crippen LogP contribution in [-0.4, -0.2) is 61.7 Å². The van der Waals surface area contributed by atoms with Gasteiger partial charge >= 0.3 is 0 Å². The monoisotopic (exact) mass is 227 g/mol. The van der Waals surface area contributed by atoms with E-state index in [0.29, 0.717) is 12.1 Å². The quantitative estimate of drug-likeness (QED) is 0.740. The van der Waals surface area contributed by atoms with Crippen molar-refractivity contribution in [1.29, 1.82) is 0 Å². The lowest BCUT2D eigenvalue weighted by Crippen LogP contribution is -2.39. The number of nitrogens with one attached hydrogen (secondary N) is 1. The topological polar surface area (TPSA) is 18.5 Å². The second-order valence-electron chi connectivity index (χ2n) is 5.44. The first-order valence-corrected chi connectivity index (χ1v) is 6.68. The summed E-state index contributed by atoms with van der Waals surface area (Å²) < 4.78 is 0. The smallest absolute Gasteiger partial charge is 0.0229 e. The van der Waals surface area contributed by atoms with Gasteiger partial charge in [-0.25, -0.2) is 0 Å². The molecular formula is C13H29N3. The summed E-state index contributed by atoms with van der Waals surface area (Å²) in [6.45, 7) is 10.4. The highest BCUT2D eigenvalue weighted by Gasteiger charge is 2.27. The first kappa shape index (κ1) is 13.9. The van der Waals surface area contributed by atoms with Gasteiger partial charge in [-0.2, -0.15) is 0 Å². The lowest BCUT2D eigenvalue weighted by molar-refractivity contribution is 0.208. The Morgan fingerprint density at radius 2 is 2.06 bits per heavy atom. The molecule has 16 heavy (non-hydrogen) atoms. The predicted molar refractivity (Wildman–Crippen MR) is 70.9 cm³/mol. The number of rotatable bonds is 6. The second kappa shape index (κ2) is 6.58. The molecule has 0 aliphatic carbocycles. The van der Waals surface area contributed by atoms with Crippen LogP contribution in [0.3, 0.4) is 0 Å². The zero-order valence-corrected chi connectivity index (χ0v) is 11.7. The van der Waals surface area contributed by atoms with Crippen LogP contribution in [0.4, 0.5) is 0 Å². The third-order valence-corrected chi connectivity index (χ3v) is 3.80. The maximum Gasteiger partial charge on any atom is 0.0229 e. The molecule has 1 saturated heterocycles. The molecule has 0 spiro atoms. The Bertz CT molecular complexity index is 194. The molecule has 3 unspecified atom stereocenters. The van der Waals surface area contributed by atoms with Gasteiger partial charge in [0.2, 0.25) is 0 Å². The molecule has 0 amide bonds. The van der Waals surface area contributed by atoms with Gasteiger partial charge in [-0.05, 0) is 47.3 Å². The molecule has 1 fully saturated rings. The van der Waals surface area contributed by atoms with Crippen LogP contribution >= 0.6 is 0 Å². The molecule has 96 valence electrons. The summed E-state index contributed by atoms with van der Waals surface area (Å²) in [7, 11) is 4.39. The molecule has 3 heteroatoms. The Hall–Kier alpha value is -0.120. The minimum Gasteiger partial charge on any atom is -0.314 e. The van der Waals surface area contributed by atoms with Gasteiger partial charge in [-0.1, -0.05) is 6.92 Å². The molecule has 0 aromatic carbocycles. The summed E-state index contributed by atoms with van der Waals surface area (Å²) in [6.07, 6.45) is 2.58. The maximum absolute atomic E-state index is 3.50. The Morgan fingerprint density at radius 3 is 2.56 bits per heavy atom. The second-order valence-corrected chi connectivity index (χ2v) is 5.44. The van der Waals surface area contributed by atoms with E-state index in [4.69, 9.17) is 0 Å². The zero-order valence-electron chi connectivity index (χ0n) is 11.7. The molecule has 1 N–H and O–H groups in total. The van der Waals surface area contributed by atoms with Gasteiger partial charge in [0.05, 0.1) is 0 Å². The fraction of sp³-hybridized carbons (Fsp3) is 1.00. The maximum atomic E-state index is 3.50. The Balaban J connectivity index is 2.30. The van der Waals surface area contributed by atoms with E-state index in [0.717, 1.165) is 12.6 Å². The lowest BCUT2D eigenvalue weighted by Gasteiger charge is -2.28. The van der Waals surface area contributed by atoms with Crippen LogP contribution in [0, 0.1) is 0 Å². The van der Waals surface area contributed by atoms with Crippen molar-refractivity contribution in [3.05, 3.63) is 0 Å². The van der Waals surface area contributed by atoms with Crippen molar-refractivity contribution in [2.45, 2.75) is 51.7 Å². The Labute approximate surface area is 101 Å². The summed E-state index contributed by atoms with van der Waals surface area (Å²) in [5, 5.41) is 3.50. The summed E-state index contributed by atoms with van der Waals surface area (Å²) in [6, 6.07) is 2.11. The Kier molecular flexibility index (Phi) is 5.73. The molecule has 1 aliphatic heterocycles. The van der Waals surface area contributed by atoms with E-state index in [2.05, 4.69) is 50.0 Å². The van der Waals surface area contributed by atoms with Crippen LogP contribution in [0.1, 0.15) is 33.6 Å².